The van der Waals surface area contributed by atoms with Gasteiger partial charge in [0.05, 0.1) is 16.1 Å². The Labute approximate surface area is 163 Å². The number of benzene rings is 2. The molecular formula is C19H10Cl2N4S. The van der Waals surface area contributed by atoms with E-state index in [4.69, 9.17) is 23.2 Å². The van der Waals surface area contributed by atoms with E-state index < -0.39 is 0 Å². The molecule has 0 atom stereocenters. The van der Waals surface area contributed by atoms with Crippen molar-refractivity contribution >= 4 is 56.3 Å². The summed E-state index contributed by atoms with van der Waals surface area (Å²) in [6, 6.07) is 17.1. The van der Waals surface area contributed by atoms with Crippen molar-refractivity contribution in [3.63, 3.8) is 0 Å². The van der Waals surface area contributed by atoms with Crippen molar-refractivity contribution in [3.05, 3.63) is 69.8 Å². The van der Waals surface area contributed by atoms with Gasteiger partial charge >= 0.3 is 0 Å². The molecule has 4 nitrogen and oxygen atoms in total. The molecule has 0 bridgehead atoms. The summed E-state index contributed by atoms with van der Waals surface area (Å²) in [5, 5.41) is 14.9. The number of nitrogens with zero attached hydrogens (tertiary/aromatic N) is 3. The van der Waals surface area contributed by atoms with Gasteiger partial charge in [-0.25, -0.2) is 9.97 Å². The van der Waals surface area contributed by atoms with Crippen LogP contribution in [0.15, 0.2) is 54.9 Å². The van der Waals surface area contributed by atoms with Crippen LogP contribution in [-0.2, 0) is 0 Å². The van der Waals surface area contributed by atoms with Gasteiger partial charge in [0.15, 0.2) is 0 Å². The highest BCUT2D eigenvalue weighted by Gasteiger charge is 2.19. The second-order valence-electron chi connectivity index (χ2n) is 5.43. The van der Waals surface area contributed by atoms with Gasteiger partial charge in [0.25, 0.3) is 0 Å². The molecule has 0 saturated heterocycles. The number of halogens is 2. The Morgan fingerprint density at radius 1 is 1.00 bits per heavy atom. The molecule has 0 aliphatic rings. The van der Waals surface area contributed by atoms with Crippen LogP contribution in [0.1, 0.15) is 4.88 Å². The highest BCUT2D eigenvalue weighted by atomic mass is 35.5. The Kier molecular flexibility index (Phi) is 4.48. The predicted molar refractivity (Wildman–Crippen MR) is 107 cm³/mol. The molecule has 2 aromatic carbocycles. The molecule has 26 heavy (non-hydrogen) atoms. The summed E-state index contributed by atoms with van der Waals surface area (Å²) < 4.78 is 0. The molecule has 0 saturated carbocycles. The third-order valence-corrected chi connectivity index (χ3v) is 5.43. The first-order valence-electron chi connectivity index (χ1n) is 7.62. The van der Waals surface area contributed by atoms with Gasteiger partial charge in [-0.3, -0.25) is 0 Å². The lowest BCUT2D eigenvalue weighted by atomic mass is 10.0. The standard InChI is InChI=1S/C19H10Cl2N4S/c20-12-7-5-11(6-8-12)16-15(9-22)26-19-17(16)18(23-10-24-19)25-14-4-2-1-3-13(14)21/h1-8,10H,(H,23,24,25). The van der Waals surface area contributed by atoms with E-state index in [-0.39, 0.29) is 0 Å². The number of aromatic nitrogens is 2. The largest absolute Gasteiger partial charge is 0.338 e. The first-order chi connectivity index (χ1) is 12.7. The summed E-state index contributed by atoms with van der Waals surface area (Å²) in [4.78, 5) is 10.0. The van der Waals surface area contributed by atoms with Crippen molar-refractivity contribution < 1.29 is 0 Å². The zero-order chi connectivity index (χ0) is 18.1. The first-order valence-corrected chi connectivity index (χ1v) is 9.19. The molecule has 0 fully saturated rings. The van der Waals surface area contributed by atoms with E-state index in [0.717, 1.165) is 27.0 Å². The lowest BCUT2D eigenvalue weighted by Crippen LogP contribution is -1.96. The Balaban J connectivity index is 1.95. The van der Waals surface area contributed by atoms with Gasteiger partial charge in [0.1, 0.15) is 27.9 Å². The third-order valence-electron chi connectivity index (χ3n) is 3.85. The van der Waals surface area contributed by atoms with Crippen molar-refractivity contribution in [2.45, 2.75) is 0 Å². The molecule has 0 unspecified atom stereocenters. The maximum Gasteiger partial charge on any atom is 0.143 e. The predicted octanol–water partition coefficient (Wildman–Crippen LogP) is 6.28. The van der Waals surface area contributed by atoms with E-state index in [0.29, 0.717) is 20.7 Å². The summed E-state index contributed by atoms with van der Waals surface area (Å²) in [5.41, 5.74) is 2.41. The van der Waals surface area contributed by atoms with Crippen LogP contribution >= 0.6 is 34.5 Å². The van der Waals surface area contributed by atoms with Gasteiger partial charge in [-0.2, -0.15) is 5.26 Å². The van der Waals surface area contributed by atoms with E-state index in [1.165, 1.54) is 17.7 Å². The van der Waals surface area contributed by atoms with Gasteiger partial charge in [0, 0.05) is 10.6 Å². The molecular weight excluding hydrogens is 387 g/mol. The maximum atomic E-state index is 9.60. The number of fused-ring (bicyclic) bond motifs is 1. The van der Waals surface area contributed by atoms with Crippen LogP contribution in [0.4, 0.5) is 11.5 Å². The Hall–Kier alpha value is -2.65. The summed E-state index contributed by atoms with van der Waals surface area (Å²) in [5.74, 6) is 0.603. The summed E-state index contributed by atoms with van der Waals surface area (Å²) in [6.45, 7) is 0. The van der Waals surface area contributed by atoms with Crippen LogP contribution in [0.3, 0.4) is 0 Å². The normalized spacial score (nSPS) is 10.7. The quantitative estimate of drug-likeness (QED) is 0.442. The van der Waals surface area contributed by atoms with Gasteiger partial charge in [-0.1, -0.05) is 47.5 Å². The highest BCUT2D eigenvalue weighted by Crippen LogP contribution is 2.41. The number of thiophene rings is 1. The van der Waals surface area contributed by atoms with Crippen molar-refractivity contribution in [3.8, 4) is 17.2 Å². The number of hydrogen-bond donors (Lipinski definition) is 1. The van der Waals surface area contributed by atoms with Crippen LogP contribution < -0.4 is 5.32 Å². The van der Waals surface area contributed by atoms with Gasteiger partial charge in [-0.05, 0) is 29.8 Å². The van der Waals surface area contributed by atoms with Crippen LogP contribution in [-0.4, -0.2) is 9.97 Å². The summed E-state index contributed by atoms with van der Waals surface area (Å²) in [7, 11) is 0. The molecule has 0 aliphatic carbocycles. The number of rotatable bonds is 3. The third kappa shape index (κ3) is 2.99. The molecule has 1 N–H and O–H groups in total. The zero-order valence-electron chi connectivity index (χ0n) is 13.2. The second-order valence-corrected chi connectivity index (χ2v) is 7.27. The zero-order valence-corrected chi connectivity index (χ0v) is 15.5. The fraction of sp³-hybridized carbons (Fsp3) is 0. The fourth-order valence-electron chi connectivity index (χ4n) is 2.69. The molecule has 126 valence electrons. The van der Waals surface area contributed by atoms with Crippen LogP contribution in [0.5, 0.6) is 0 Å². The van der Waals surface area contributed by atoms with E-state index in [1.807, 2.05) is 30.3 Å². The van der Waals surface area contributed by atoms with Crippen molar-refractivity contribution in [2.24, 2.45) is 0 Å². The van der Waals surface area contributed by atoms with Crippen molar-refractivity contribution in [1.29, 1.82) is 5.26 Å². The minimum absolute atomic E-state index is 0.574. The number of para-hydroxylation sites is 1. The molecule has 0 amide bonds. The SMILES string of the molecule is N#Cc1sc2ncnc(Nc3ccccc3Cl)c2c1-c1ccc(Cl)cc1. The molecule has 2 heterocycles. The monoisotopic (exact) mass is 396 g/mol. The summed E-state index contributed by atoms with van der Waals surface area (Å²) in [6.07, 6.45) is 1.48. The minimum Gasteiger partial charge on any atom is -0.338 e. The van der Waals surface area contributed by atoms with Crippen LogP contribution in [0.2, 0.25) is 10.0 Å². The number of nitriles is 1. The van der Waals surface area contributed by atoms with Crippen LogP contribution in [0, 0.1) is 11.3 Å². The van der Waals surface area contributed by atoms with E-state index in [1.54, 1.807) is 18.2 Å². The Morgan fingerprint density at radius 3 is 2.50 bits per heavy atom. The molecule has 0 spiro atoms. The van der Waals surface area contributed by atoms with Crippen molar-refractivity contribution in [2.75, 3.05) is 5.32 Å². The first kappa shape index (κ1) is 16.8. The lowest BCUT2D eigenvalue weighted by Gasteiger charge is -2.10. The number of nitrogens with one attached hydrogen (secondary N) is 1. The Bertz CT molecular complexity index is 1150. The van der Waals surface area contributed by atoms with Crippen molar-refractivity contribution in [1.82, 2.24) is 9.97 Å². The van der Waals surface area contributed by atoms with Gasteiger partial charge in [0.2, 0.25) is 0 Å². The molecule has 7 heteroatoms. The number of hydrogen-bond acceptors (Lipinski definition) is 5. The van der Waals surface area contributed by atoms with Gasteiger partial charge < -0.3 is 5.32 Å². The molecule has 2 aromatic heterocycles. The summed E-state index contributed by atoms with van der Waals surface area (Å²) >= 11 is 13.6. The molecule has 0 radical (unpaired) electrons. The average Bonchev–Trinajstić information content (AvgIpc) is 3.04. The van der Waals surface area contributed by atoms with E-state index >= 15 is 0 Å². The second kappa shape index (κ2) is 6.93. The average molecular weight is 397 g/mol. The maximum absolute atomic E-state index is 9.60. The molecule has 4 aromatic rings. The minimum atomic E-state index is 0.574. The van der Waals surface area contributed by atoms with E-state index in [9.17, 15) is 5.26 Å². The van der Waals surface area contributed by atoms with Crippen LogP contribution in [0.25, 0.3) is 21.3 Å². The Morgan fingerprint density at radius 2 is 1.77 bits per heavy atom. The van der Waals surface area contributed by atoms with E-state index in [2.05, 4.69) is 21.4 Å². The molecule has 0 aliphatic heterocycles. The highest BCUT2D eigenvalue weighted by molar-refractivity contribution is 7.19. The smallest absolute Gasteiger partial charge is 0.143 e. The van der Waals surface area contributed by atoms with Gasteiger partial charge in [-0.15, -0.1) is 11.3 Å². The topological polar surface area (TPSA) is 61.6 Å². The lowest BCUT2D eigenvalue weighted by molar-refractivity contribution is 1.23. The fourth-order valence-corrected chi connectivity index (χ4v) is 3.96. The number of anilines is 2. The molecule has 4 rings (SSSR count).